The van der Waals surface area contributed by atoms with Gasteiger partial charge in [-0.25, -0.2) is 0 Å². The summed E-state index contributed by atoms with van der Waals surface area (Å²) in [4.78, 5) is 11.9. The van der Waals surface area contributed by atoms with Gasteiger partial charge in [0.1, 0.15) is 0 Å². The normalized spacial score (nSPS) is 12.2. The van der Waals surface area contributed by atoms with E-state index in [1.165, 1.54) is 12.2 Å². The first-order valence-electron chi connectivity index (χ1n) is 5.78. The molecule has 0 unspecified atom stereocenters. The second-order valence-electron chi connectivity index (χ2n) is 3.88. The van der Waals surface area contributed by atoms with E-state index in [4.69, 9.17) is 11.6 Å². The zero-order valence-corrected chi connectivity index (χ0v) is 11.2. The largest absolute Gasteiger partial charge is 0.471 e. The average Bonchev–Trinajstić information content (AvgIpc) is 2.42. The fourth-order valence-corrected chi connectivity index (χ4v) is 1.55. The van der Waals surface area contributed by atoms with E-state index in [1.54, 1.807) is 6.08 Å². The molecule has 1 rings (SSSR count). The molecule has 0 aromatic heterocycles. The Hall–Kier alpha value is -1.75. The molecule has 0 aliphatic heterocycles. The Morgan fingerprint density at radius 3 is 2.30 bits per heavy atom. The van der Waals surface area contributed by atoms with Crippen molar-refractivity contribution >= 4 is 23.6 Å². The summed E-state index contributed by atoms with van der Waals surface area (Å²) < 4.78 is 37.2. The summed E-state index contributed by atoms with van der Waals surface area (Å²) in [5.74, 6) is -1.88. The van der Waals surface area contributed by atoms with Gasteiger partial charge in [-0.15, -0.1) is 0 Å². The number of hydrogen-bond donors (Lipinski definition) is 0. The van der Waals surface area contributed by atoms with Crippen LogP contribution in [0.15, 0.2) is 48.0 Å². The van der Waals surface area contributed by atoms with Crippen molar-refractivity contribution in [2.75, 3.05) is 13.1 Å². The van der Waals surface area contributed by atoms with Gasteiger partial charge in [0.05, 0.1) is 0 Å². The number of rotatable bonds is 5. The molecule has 0 spiro atoms. The molecule has 108 valence electrons. The van der Waals surface area contributed by atoms with E-state index in [0.717, 1.165) is 11.1 Å². The van der Waals surface area contributed by atoms with E-state index in [1.807, 2.05) is 30.3 Å². The first-order chi connectivity index (χ1) is 9.45. The predicted octanol–water partition coefficient (Wildman–Crippen LogP) is 3.84. The van der Waals surface area contributed by atoms with Crippen LogP contribution in [0.5, 0.6) is 0 Å². The summed E-state index contributed by atoms with van der Waals surface area (Å²) in [6, 6.07) is 9.08. The van der Waals surface area contributed by atoms with Crippen molar-refractivity contribution in [3.63, 3.8) is 0 Å². The summed E-state index contributed by atoms with van der Waals surface area (Å²) in [6.45, 7) is -0.338. The fraction of sp³-hybridized carbons (Fsp3) is 0.214. The number of carbonyl (C=O) groups excluding carboxylic acids is 1. The molecular weight excluding hydrogens is 291 g/mol. The second-order valence-corrected chi connectivity index (χ2v) is 4.13. The molecular formula is C14H13ClF3NO. The van der Waals surface area contributed by atoms with Crippen LogP contribution in [0.3, 0.4) is 0 Å². The molecule has 0 N–H and O–H groups in total. The van der Waals surface area contributed by atoms with Crippen LogP contribution in [0, 0.1) is 0 Å². The zero-order chi connectivity index (χ0) is 15.0. The minimum atomic E-state index is -4.89. The molecule has 0 saturated carbocycles. The molecule has 0 aliphatic carbocycles. The molecule has 0 atom stereocenters. The fourth-order valence-electron chi connectivity index (χ4n) is 1.47. The third-order valence-electron chi connectivity index (χ3n) is 2.38. The molecule has 0 aliphatic rings. The van der Waals surface area contributed by atoms with E-state index in [2.05, 4.69) is 0 Å². The Morgan fingerprint density at radius 2 is 1.75 bits per heavy atom. The van der Waals surface area contributed by atoms with Crippen molar-refractivity contribution in [3.8, 4) is 0 Å². The third kappa shape index (κ3) is 5.48. The van der Waals surface area contributed by atoms with Crippen LogP contribution in [0.2, 0.25) is 0 Å². The van der Waals surface area contributed by atoms with Crippen LogP contribution >= 0.6 is 11.6 Å². The number of hydrogen-bond acceptors (Lipinski definition) is 1. The van der Waals surface area contributed by atoms with Crippen molar-refractivity contribution in [2.45, 2.75) is 6.18 Å². The van der Waals surface area contributed by atoms with Crippen molar-refractivity contribution < 1.29 is 18.0 Å². The van der Waals surface area contributed by atoms with Crippen LogP contribution in [0.25, 0.3) is 6.08 Å². The highest BCUT2D eigenvalue weighted by Crippen LogP contribution is 2.18. The highest BCUT2D eigenvalue weighted by Gasteiger charge is 2.41. The van der Waals surface area contributed by atoms with Crippen LogP contribution in [0.1, 0.15) is 5.56 Å². The molecule has 0 bridgehead atoms. The van der Waals surface area contributed by atoms with Gasteiger partial charge in [0, 0.05) is 18.6 Å². The van der Waals surface area contributed by atoms with E-state index in [-0.39, 0.29) is 13.1 Å². The van der Waals surface area contributed by atoms with Gasteiger partial charge in [0.25, 0.3) is 0 Å². The highest BCUT2D eigenvalue weighted by molar-refractivity contribution is 6.25. The van der Waals surface area contributed by atoms with Crippen molar-refractivity contribution in [3.05, 3.63) is 53.6 Å². The van der Waals surface area contributed by atoms with Crippen LogP contribution in [-0.2, 0) is 4.79 Å². The first kappa shape index (κ1) is 16.3. The number of nitrogens with zero attached hydrogens (tertiary/aromatic N) is 1. The Labute approximate surface area is 120 Å². The molecule has 0 heterocycles. The van der Waals surface area contributed by atoms with E-state index in [9.17, 15) is 18.0 Å². The Balaban J connectivity index is 2.70. The predicted molar refractivity (Wildman–Crippen MR) is 73.1 cm³/mol. The molecule has 0 fully saturated rings. The Morgan fingerprint density at radius 1 is 1.15 bits per heavy atom. The standard InChI is InChI=1S/C14H13ClF3NO/c15-9-5-11-19(13(20)14(16,17)18)10-4-8-12-6-2-1-3-7-12/h1-9H,10-11H2. The van der Waals surface area contributed by atoms with Gasteiger partial charge in [-0.05, 0) is 5.56 Å². The lowest BCUT2D eigenvalue weighted by Gasteiger charge is -2.20. The maximum Gasteiger partial charge on any atom is 0.471 e. The molecule has 1 aromatic rings. The monoisotopic (exact) mass is 303 g/mol. The number of amides is 1. The molecule has 20 heavy (non-hydrogen) atoms. The first-order valence-corrected chi connectivity index (χ1v) is 6.21. The van der Waals surface area contributed by atoms with E-state index >= 15 is 0 Å². The topological polar surface area (TPSA) is 20.3 Å². The molecule has 6 heteroatoms. The highest BCUT2D eigenvalue weighted by atomic mass is 35.5. The van der Waals surface area contributed by atoms with Gasteiger partial charge >= 0.3 is 12.1 Å². The number of alkyl halides is 3. The lowest BCUT2D eigenvalue weighted by atomic mass is 10.2. The molecule has 0 radical (unpaired) electrons. The second kappa shape index (κ2) is 7.75. The lowest BCUT2D eigenvalue weighted by molar-refractivity contribution is -0.184. The summed E-state index contributed by atoms with van der Waals surface area (Å²) in [5, 5.41) is 0. The van der Waals surface area contributed by atoms with Crippen LogP contribution in [-0.4, -0.2) is 30.1 Å². The SMILES string of the molecule is O=C(N(CC=CCl)CC=Cc1ccccc1)C(F)(F)F. The molecule has 2 nitrogen and oxygen atoms in total. The summed E-state index contributed by atoms with van der Waals surface area (Å²) in [5.41, 5.74) is 1.93. The van der Waals surface area contributed by atoms with Crippen LogP contribution in [0.4, 0.5) is 13.2 Å². The Bertz CT molecular complexity index is 483. The maximum absolute atomic E-state index is 12.4. The third-order valence-corrected chi connectivity index (χ3v) is 2.56. The smallest absolute Gasteiger partial charge is 0.327 e. The molecule has 0 saturated heterocycles. The number of carbonyl (C=O) groups is 1. The average molecular weight is 304 g/mol. The van der Waals surface area contributed by atoms with Crippen molar-refractivity contribution in [1.29, 1.82) is 0 Å². The Kier molecular flexibility index (Phi) is 6.31. The van der Waals surface area contributed by atoms with Crippen molar-refractivity contribution in [1.82, 2.24) is 4.90 Å². The van der Waals surface area contributed by atoms with Crippen LogP contribution < -0.4 is 0 Å². The number of benzene rings is 1. The van der Waals surface area contributed by atoms with Gasteiger partial charge in [-0.3, -0.25) is 4.79 Å². The van der Waals surface area contributed by atoms with Gasteiger partial charge in [0.2, 0.25) is 0 Å². The molecule has 1 amide bonds. The van der Waals surface area contributed by atoms with Crippen molar-refractivity contribution in [2.24, 2.45) is 0 Å². The summed E-state index contributed by atoms with van der Waals surface area (Å²) in [7, 11) is 0. The maximum atomic E-state index is 12.4. The summed E-state index contributed by atoms with van der Waals surface area (Å²) >= 11 is 5.28. The van der Waals surface area contributed by atoms with E-state index < -0.39 is 12.1 Å². The van der Waals surface area contributed by atoms with Gasteiger partial charge in [-0.2, -0.15) is 13.2 Å². The summed E-state index contributed by atoms with van der Waals surface area (Å²) in [6.07, 6.45) is -0.454. The minimum absolute atomic E-state index is 0.144. The lowest BCUT2D eigenvalue weighted by Crippen LogP contribution is -2.41. The van der Waals surface area contributed by atoms with Gasteiger partial charge < -0.3 is 4.90 Å². The minimum Gasteiger partial charge on any atom is -0.327 e. The number of halogens is 4. The molecule has 1 aromatic carbocycles. The van der Waals surface area contributed by atoms with Gasteiger partial charge in [-0.1, -0.05) is 60.2 Å². The van der Waals surface area contributed by atoms with Gasteiger partial charge in [0.15, 0.2) is 0 Å². The van der Waals surface area contributed by atoms with E-state index in [0.29, 0.717) is 4.90 Å². The zero-order valence-electron chi connectivity index (χ0n) is 10.5. The quantitative estimate of drug-likeness (QED) is 0.809.